The van der Waals surface area contributed by atoms with Gasteiger partial charge in [-0.3, -0.25) is 0 Å². The molecule has 4 rings (SSSR count). The average Bonchev–Trinajstić information content (AvgIpc) is 3.18. The minimum Gasteiger partial charge on any atom is -0.496 e. The fourth-order valence-electron chi connectivity index (χ4n) is 2.82. The smallest absolute Gasteiger partial charge is 0.212 e. The molecular weight excluding hydrogens is 356 g/mol. The molecule has 0 spiro atoms. The highest BCUT2D eigenvalue weighted by Crippen LogP contribution is 2.27. The SMILES string of the molecule is COc1ccc2ccccc2c1/C=N\n1cnnc1SCc1ccccc1. The van der Waals surface area contributed by atoms with E-state index in [1.54, 1.807) is 36.1 Å². The average molecular weight is 374 g/mol. The van der Waals surface area contributed by atoms with E-state index in [2.05, 4.69) is 39.6 Å². The zero-order valence-electron chi connectivity index (χ0n) is 14.8. The Labute approximate surface area is 161 Å². The molecule has 0 bridgehead atoms. The normalized spacial score (nSPS) is 11.3. The van der Waals surface area contributed by atoms with Crippen molar-refractivity contribution in [3.63, 3.8) is 0 Å². The molecule has 1 heterocycles. The largest absolute Gasteiger partial charge is 0.496 e. The number of fused-ring (bicyclic) bond motifs is 1. The van der Waals surface area contributed by atoms with E-state index in [9.17, 15) is 0 Å². The Kier molecular flexibility index (Phi) is 5.16. The van der Waals surface area contributed by atoms with Crippen molar-refractivity contribution in [1.29, 1.82) is 0 Å². The first-order valence-corrected chi connectivity index (χ1v) is 9.50. The van der Waals surface area contributed by atoms with Crippen molar-refractivity contribution in [3.05, 3.63) is 84.2 Å². The lowest BCUT2D eigenvalue weighted by Crippen LogP contribution is -1.96. The van der Waals surface area contributed by atoms with Gasteiger partial charge in [0.25, 0.3) is 0 Å². The van der Waals surface area contributed by atoms with Crippen molar-refractivity contribution in [2.45, 2.75) is 10.9 Å². The summed E-state index contributed by atoms with van der Waals surface area (Å²) < 4.78 is 7.21. The van der Waals surface area contributed by atoms with Crippen LogP contribution in [0.5, 0.6) is 5.75 Å². The molecule has 134 valence electrons. The van der Waals surface area contributed by atoms with E-state index in [-0.39, 0.29) is 0 Å². The molecule has 0 fully saturated rings. The Hall–Kier alpha value is -3.12. The third-order valence-electron chi connectivity index (χ3n) is 4.17. The number of methoxy groups -OCH3 is 1. The van der Waals surface area contributed by atoms with Gasteiger partial charge < -0.3 is 4.74 Å². The van der Waals surface area contributed by atoms with E-state index in [0.29, 0.717) is 0 Å². The van der Waals surface area contributed by atoms with Crippen LogP contribution in [-0.2, 0) is 5.75 Å². The number of aromatic nitrogens is 3. The molecule has 0 radical (unpaired) electrons. The van der Waals surface area contributed by atoms with E-state index in [1.165, 1.54) is 5.56 Å². The summed E-state index contributed by atoms with van der Waals surface area (Å²) >= 11 is 1.60. The fourth-order valence-corrected chi connectivity index (χ4v) is 3.64. The van der Waals surface area contributed by atoms with E-state index >= 15 is 0 Å². The van der Waals surface area contributed by atoms with E-state index in [0.717, 1.165) is 33.0 Å². The number of hydrogen-bond acceptors (Lipinski definition) is 5. The van der Waals surface area contributed by atoms with Gasteiger partial charge in [0.15, 0.2) is 0 Å². The van der Waals surface area contributed by atoms with Crippen molar-refractivity contribution in [2.24, 2.45) is 5.10 Å². The molecule has 0 N–H and O–H groups in total. The van der Waals surface area contributed by atoms with Crippen LogP contribution in [0.2, 0.25) is 0 Å². The maximum Gasteiger partial charge on any atom is 0.212 e. The topological polar surface area (TPSA) is 52.3 Å². The van der Waals surface area contributed by atoms with Gasteiger partial charge in [-0.25, -0.2) is 0 Å². The van der Waals surface area contributed by atoms with Gasteiger partial charge >= 0.3 is 0 Å². The molecule has 5 nitrogen and oxygen atoms in total. The maximum atomic E-state index is 5.52. The van der Waals surface area contributed by atoms with Gasteiger partial charge in [-0.2, -0.15) is 9.78 Å². The van der Waals surface area contributed by atoms with Gasteiger partial charge in [0.2, 0.25) is 5.16 Å². The molecule has 1 aromatic heterocycles. The first kappa shape index (κ1) is 17.3. The summed E-state index contributed by atoms with van der Waals surface area (Å²) in [7, 11) is 1.67. The van der Waals surface area contributed by atoms with Crippen LogP contribution in [0.3, 0.4) is 0 Å². The minimum atomic E-state index is 0.745. The van der Waals surface area contributed by atoms with Crippen LogP contribution in [0.1, 0.15) is 11.1 Å². The van der Waals surface area contributed by atoms with E-state index in [4.69, 9.17) is 4.74 Å². The first-order chi connectivity index (χ1) is 13.3. The summed E-state index contributed by atoms with van der Waals surface area (Å²) in [6.07, 6.45) is 3.42. The van der Waals surface area contributed by atoms with E-state index < -0.39 is 0 Å². The second kappa shape index (κ2) is 8.05. The predicted molar refractivity (Wildman–Crippen MR) is 110 cm³/mol. The Bertz CT molecular complexity index is 1080. The number of nitrogens with zero attached hydrogens (tertiary/aromatic N) is 4. The fraction of sp³-hybridized carbons (Fsp3) is 0.0952. The summed E-state index contributed by atoms with van der Waals surface area (Å²) in [6.45, 7) is 0. The highest BCUT2D eigenvalue weighted by molar-refractivity contribution is 7.98. The molecule has 0 atom stereocenters. The van der Waals surface area contributed by atoms with Gasteiger partial charge in [-0.15, -0.1) is 10.2 Å². The van der Waals surface area contributed by atoms with Gasteiger partial charge in [-0.05, 0) is 22.4 Å². The monoisotopic (exact) mass is 374 g/mol. The molecule has 0 saturated carbocycles. The minimum absolute atomic E-state index is 0.745. The number of thioether (sulfide) groups is 1. The van der Waals surface area contributed by atoms with Crippen molar-refractivity contribution >= 4 is 28.7 Å². The van der Waals surface area contributed by atoms with Gasteiger partial charge in [-0.1, -0.05) is 72.4 Å². The van der Waals surface area contributed by atoms with Gasteiger partial charge in [0.1, 0.15) is 12.1 Å². The molecule has 0 unspecified atom stereocenters. The molecule has 0 amide bonds. The standard InChI is InChI=1S/C21H18N4OS/c1-26-20-12-11-17-9-5-6-10-18(17)19(20)13-23-25-15-22-24-21(25)27-14-16-7-3-2-4-8-16/h2-13,15H,14H2,1H3/b23-13-. The molecule has 27 heavy (non-hydrogen) atoms. The molecule has 0 aliphatic rings. The maximum absolute atomic E-state index is 5.52. The Morgan fingerprint density at radius 3 is 2.70 bits per heavy atom. The Morgan fingerprint density at radius 1 is 1.04 bits per heavy atom. The molecule has 3 aromatic carbocycles. The second-order valence-electron chi connectivity index (χ2n) is 5.88. The summed E-state index contributed by atoms with van der Waals surface area (Å²) in [5, 5.41) is 15.7. The predicted octanol–water partition coefficient (Wildman–Crippen LogP) is 4.61. The number of rotatable bonds is 6. The van der Waals surface area contributed by atoms with Crippen LogP contribution < -0.4 is 4.74 Å². The number of benzene rings is 3. The molecule has 0 saturated heterocycles. The van der Waals surface area contributed by atoms with Crippen LogP contribution in [-0.4, -0.2) is 28.2 Å². The number of hydrogen-bond donors (Lipinski definition) is 0. The van der Waals surface area contributed by atoms with Crippen LogP contribution in [0.15, 0.2) is 83.3 Å². The molecule has 4 aromatic rings. The highest BCUT2D eigenvalue weighted by atomic mass is 32.2. The second-order valence-corrected chi connectivity index (χ2v) is 6.82. The molecule has 0 aliphatic heterocycles. The van der Waals surface area contributed by atoms with Crippen molar-refractivity contribution in [2.75, 3.05) is 7.11 Å². The molecular formula is C21H18N4OS. The van der Waals surface area contributed by atoms with Crippen molar-refractivity contribution in [1.82, 2.24) is 14.9 Å². The van der Waals surface area contributed by atoms with Gasteiger partial charge in [0, 0.05) is 11.3 Å². The summed E-state index contributed by atoms with van der Waals surface area (Å²) in [5.74, 6) is 1.59. The zero-order chi connectivity index (χ0) is 18.5. The van der Waals surface area contributed by atoms with Crippen LogP contribution >= 0.6 is 11.8 Å². The lowest BCUT2D eigenvalue weighted by molar-refractivity contribution is 0.415. The van der Waals surface area contributed by atoms with Crippen LogP contribution in [0, 0.1) is 0 Å². The van der Waals surface area contributed by atoms with Crippen LogP contribution in [0.25, 0.3) is 10.8 Å². The number of ether oxygens (including phenoxy) is 1. The Morgan fingerprint density at radius 2 is 1.85 bits per heavy atom. The third kappa shape index (κ3) is 3.85. The van der Waals surface area contributed by atoms with Crippen molar-refractivity contribution < 1.29 is 4.74 Å². The van der Waals surface area contributed by atoms with Crippen molar-refractivity contribution in [3.8, 4) is 5.75 Å². The first-order valence-electron chi connectivity index (χ1n) is 8.52. The lowest BCUT2D eigenvalue weighted by atomic mass is 10.0. The summed E-state index contributed by atoms with van der Waals surface area (Å²) in [6, 6.07) is 22.5. The van der Waals surface area contributed by atoms with E-state index in [1.807, 2.05) is 42.5 Å². The summed E-state index contributed by atoms with van der Waals surface area (Å²) in [4.78, 5) is 0. The van der Waals surface area contributed by atoms with Gasteiger partial charge in [0.05, 0.1) is 13.3 Å². The molecule has 0 aliphatic carbocycles. The third-order valence-corrected chi connectivity index (χ3v) is 5.18. The zero-order valence-corrected chi connectivity index (χ0v) is 15.6. The summed E-state index contributed by atoms with van der Waals surface area (Å²) in [5.41, 5.74) is 2.17. The molecule has 6 heteroatoms. The van der Waals surface area contributed by atoms with Crippen LogP contribution in [0.4, 0.5) is 0 Å². The quantitative estimate of drug-likeness (QED) is 0.365. The Balaban J connectivity index is 1.61. The lowest BCUT2D eigenvalue weighted by Gasteiger charge is -2.08. The highest BCUT2D eigenvalue weighted by Gasteiger charge is 2.08.